The SMILES string of the molecule is Cc1cccc(Oc2cnc(C(=O)NCC(=O)OCc3ccccc3)c(O)c2)c1C. The van der Waals surface area contributed by atoms with Gasteiger partial charge in [-0.2, -0.15) is 0 Å². The summed E-state index contributed by atoms with van der Waals surface area (Å²) >= 11 is 0. The largest absolute Gasteiger partial charge is 0.505 e. The molecule has 154 valence electrons. The Bertz CT molecular complexity index is 1050. The minimum Gasteiger partial charge on any atom is -0.505 e. The van der Waals surface area contributed by atoms with Gasteiger partial charge in [0.1, 0.15) is 24.7 Å². The fraction of sp³-hybridized carbons (Fsp3) is 0.174. The van der Waals surface area contributed by atoms with Gasteiger partial charge in [-0.05, 0) is 36.6 Å². The van der Waals surface area contributed by atoms with E-state index >= 15 is 0 Å². The van der Waals surface area contributed by atoms with Gasteiger partial charge < -0.3 is 19.9 Å². The molecule has 0 aliphatic rings. The summed E-state index contributed by atoms with van der Waals surface area (Å²) in [7, 11) is 0. The van der Waals surface area contributed by atoms with Crippen molar-refractivity contribution in [2.24, 2.45) is 0 Å². The fourth-order valence-electron chi connectivity index (χ4n) is 2.65. The quantitative estimate of drug-likeness (QED) is 0.581. The maximum absolute atomic E-state index is 12.2. The number of esters is 1. The van der Waals surface area contributed by atoms with Crippen molar-refractivity contribution in [3.05, 3.63) is 83.2 Å². The zero-order valence-corrected chi connectivity index (χ0v) is 16.7. The summed E-state index contributed by atoms with van der Waals surface area (Å²) < 4.78 is 10.8. The Morgan fingerprint density at radius 1 is 1.07 bits per heavy atom. The molecule has 0 radical (unpaired) electrons. The number of hydrogen-bond donors (Lipinski definition) is 2. The molecule has 0 unspecified atom stereocenters. The molecule has 0 aliphatic heterocycles. The predicted octanol–water partition coefficient (Wildman–Crippen LogP) is 3.67. The van der Waals surface area contributed by atoms with Crippen LogP contribution < -0.4 is 10.1 Å². The number of aromatic nitrogens is 1. The number of aryl methyl sites for hydroxylation is 1. The number of rotatable bonds is 7. The first kappa shape index (κ1) is 20.9. The van der Waals surface area contributed by atoms with Crippen molar-refractivity contribution in [1.29, 1.82) is 0 Å². The van der Waals surface area contributed by atoms with E-state index in [4.69, 9.17) is 9.47 Å². The number of hydrogen-bond acceptors (Lipinski definition) is 6. The number of nitrogens with one attached hydrogen (secondary N) is 1. The lowest BCUT2D eigenvalue weighted by molar-refractivity contribution is -0.143. The third-order valence-corrected chi connectivity index (χ3v) is 4.48. The maximum atomic E-state index is 12.2. The van der Waals surface area contributed by atoms with Gasteiger partial charge >= 0.3 is 5.97 Å². The molecule has 30 heavy (non-hydrogen) atoms. The Labute approximate surface area is 174 Å². The number of benzene rings is 2. The highest BCUT2D eigenvalue weighted by atomic mass is 16.5. The second kappa shape index (κ2) is 9.56. The van der Waals surface area contributed by atoms with E-state index in [1.54, 1.807) is 6.07 Å². The van der Waals surface area contributed by atoms with E-state index in [1.165, 1.54) is 12.3 Å². The first-order chi connectivity index (χ1) is 14.4. The molecule has 3 aromatic rings. The van der Waals surface area contributed by atoms with Crippen molar-refractivity contribution in [3.63, 3.8) is 0 Å². The molecule has 1 aromatic heterocycles. The molecule has 0 aliphatic carbocycles. The lowest BCUT2D eigenvalue weighted by Crippen LogP contribution is -2.31. The smallest absolute Gasteiger partial charge is 0.325 e. The molecule has 1 amide bonds. The van der Waals surface area contributed by atoms with Crippen LogP contribution in [0.1, 0.15) is 27.2 Å². The fourth-order valence-corrected chi connectivity index (χ4v) is 2.65. The van der Waals surface area contributed by atoms with Gasteiger partial charge in [-0.15, -0.1) is 0 Å². The topological polar surface area (TPSA) is 97.8 Å². The normalized spacial score (nSPS) is 10.3. The molecule has 0 atom stereocenters. The molecule has 0 spiro atoms. The zero-order chi connectivity index (χ0) is 21.5. The summed E-state index contributed by atoms with van der Waals surface area (Å²) in [5, 5.41) is 12.5. The summed E-state index contributed by atoms with van der Waals surface area (Å²) in [6, 6.07) is 16.1. The molecular formula is C23H22N2O5. The van der Waals surface area contributed by atoms with Crippen molar-refractivity contribution >= 4 is 11.9 Å². The molecule has 0 saturated carbocycles. The number of ether oxygens (including phenoxy) is 2. The van der Waals surface area contributed by atoms with Crippen LogP contribution in [0.25, 0.3) is 0 Å². The minimum atomic E-state index is -0.692. The minimum absolute atomic E-state index is 0.115. The second-order valence-corrected chi connectivity index (χ2v) is 6.67. The van der Waals surface area contributed by atoms with E-state index in [1.807, 2.05) is 56.3 Å². The number of carbonyl (C=O) groups is 2. The number of carbonyl (C=O) groups excluding carboxylic acids is 2. The summed E-state index contributed by atoms with van der Waals surface area (Å²) in [6.07, 6.45) is 1.34. The maximum Gasteiger partial charge on any atom is 0.325 e. The van der Waals surface area contributed by atoms with Gasteiger partial charge in [-0.3, -0.25) is 9.59 Å². The van der Waals surface area contributed by atoms with Crippen LogP contribution in [-0.4, -0.2) is 28.5 Å². The third kappa shape index (κ3) is 5.35. The zero-order valence-electron chi connectivity index (χ0n) is 16.7. The van der Waals surface area contributed by atoms with E-state index in [0.29, 0.717) is 11.5 Å². The van der Waals surface area contributed by atoms with Crippen LogP contribution in [0, 0.1) is 13.8 Å². The van der Waals surface area contributed by atoms with Gasteiger partial charge in [0.2, 0.25) is 0 Å². The first-order valence-electron chi connectivity index (χ1n) is 9.35. The Morgan fingerprint density at radius 2 is 1.83 bits per heavy atom. The number of aromatic hydroxyl groups is 1. The standard InChI is InChI=1S/C23H22N2O5/c1-15-7-6-10-20(16(15)2)30-18-11-19(26)22(24-12-18)23(28)25-13-21(27)29-14-17-8-4-3-5-9-17/h3-12,26H,13-14H2,1-2H3,(H,25,28). The Kier molecular flexibility index (Phi) is 6.64. The average Bonchev–Trinajstić information content (AvgIpc) is 2.74. The van der Waals surface area contributed by atoms with Crippen LogP contribution in [0.15, 0.2) is 60.8 Å². The predicted molar refractivity (Wildman–Crippen MR) is 110 cm³/mol. The summed E-state index contributed by atoms with van der Waals surface area (Å²) in [4.78, 5) is 28.0. The number of amides is 1. The molecule has 3 rings (SSSR count). The van der Waals surface area contributed by atoms with E-state index in [-0.39, 0.29) is 24.6 Å². The van der Waals surface area contributed by atoms with Gasteiger partial charge in [-0.25, -0.2) is 4.98 Å². The highest BCUT2D eigenvalue weighted by molar-refractivity contribution is 5.96. The van der Waals surface area contributed by atoms with Crippen molar-refractivity contribution < 1.29 is 24.2 Å². The lowest BCUT2D eigenvalue weighted by Gasteiger charge is -2.11. The third-order valence-electron chi connectivity index (χ3n) is 4.48. The molecule has 1 heterocycles. The van der Waals surface area contributed by atoms with Crippen LogP contribution in [0.4, 0.5) is 0 Å². The second-order valence-electron chi connectivity index (χ2n) is 6.67. The van der Waals surface area contributed by atoms with Gasteiger partial charge in [0, 0.05) is 6.07 Å². The van der Waals surface area contributed by atoms with E-state index < -0.39 is 11.9 Å². The molecule has 0 bridgehead atoms. The van der Waals surface area contributed by atoms with Crippen molar-refractivity contribution in [1.82, 2.24) is 10.3 Å². The average molecular weight is 406 g/mol. The highest BCUT2D eigenvalue weighted by Gasteiger charge is 2.16. The van der Waals surface area contributed by atoms with E-state index in [2.05, 4.69) is 10.3 Å². The van der Waals surface area contributed by atoms with Gasteiger partial charge in [0.25, 0.3) is 5.91 Å². The monoisotopic (exact) mass is 406 g/mol. The Balaban J connectivity index is 1.56. The first-order valence-corrected chi connectivity index (χ1v) is 9.35. The molecule has 7 heteroatoms. The van der Waals surface area contributed by atoms with Crippen LogP contribution in [0.5, 0.6) is 17.2 Å². The van der Waals surface area contributed by atoms with Gasteiger partial charge in [-0.1, -0.05) is 42.5 Å². The number of pyridine rings is 1. The molecule has 2 aromatic carbocycles. The number of nitrogens with zero attached hydrogens (tertiary/aromatic N) is 1. The van der Waals surface area contributed by atoms with Gasteiger partial charge in [0.15, 0.2) is 11.4 Å². The molecule has 0 fully saturated rings. The van der Waals surface area contributed by atoms with E-state index in [0.717, 1.165) is 16.7 Å². The summed E-state index contributed by atoms with van der Waals surface area (Å²) in [6.45, 7) is 3.67. The van der Waals surface area contributed by atoms with Crippen molar-refractivity contribution in [3.8, 4) is 17.2 Å². The Morgan fingerprint density at radius 3 is 2.57 bits per heavy atom. The van der Waals surface area contributed by atoms with E-state index in [9.17, 15) is 14.7 Å². The van der Waals surface area contributed by atoms with Crippen molar-refractivity contribution in [2.75, 3.05) is 6.54 Å². The molecule has 2 N–H and O–H groups in total. The van der Waals surface area contributed by atoms with Crippen molar-refractivity contribution in [2.45, 2.75) is 20.5 Å². The summed E-state index contributed by atoms with van der Waals surface area (Å²) in [5.41, 5.74) is 2.67. The van der Waals surface area contributed by atoms with Crippen LogP contribution in [0.3, 0.4) is 0 Å². The lowest BCUT2D eigenvalue weighted by atomic mass is 10.1. The highest BCUT2D eigenvalue weighted by Crippen LogP contribution is 2.29. The Hall–Kier alpha value is -3.87. The molecule has 0 saturated heterocycles. The van der Waals surface area contributed by atoms with Crippen LogP contribution in [0.2, 0.25) is 0 Å². The van der Waals surface area contributed by atoms with Crippen LogP contribution >= 0.6 is 0 Å². The molecular weight excluding hydrogens is 384 g/mol. The summed E-state index contributed by atoms with van der Waals surface area (Å²) in [5.74, 6) is -0.716. The van der Waals surface area contributed by atoms with Gasteiger partial charge in [0.05, 0.1) is 6.20 Å². The van der Waals surface area contributed by atoms with Crippen LogP contribution in [-0.2, 0) is 16.1 Å². The molecule has 7 nitrogen and oxygen atoms in total.